The molecule has 0 aliphatic heterocycles. The summed E-state index contributed by atoms with van der Waals surface area (Å²) in [4.78, 5) is 0. The minimum atomic E-state index is 0.115. The van der Waals surface area contributed by atoms with Crippen molar-refractivity contribution in [1.29, 1.82) is 0 Å². The van der Waals surface area contributed by atoms with Crippen LogP contribution in [0.4, 0.5) is 0 Å². The summed E-state index contributed by atoms with van der Waals surface area (Å²) in [5, 5.41) is 0. The highest BCUT2D eigenvalue weighted by molar-refractivity contribution is 5.86. The van der Waals surface area contributed by atoms with Crippen molar-refractivity contribution in [2.75, 3.05) is 0 Å². The Balaban J connectivity index is 0.997. The molecule has 0 heteroatoms. The zero-order chi connectivity index (χ0) is 31.7. The third kappa shape index (κ3) is 4.56. The van der Waals surface area contributed by atoms with E-state index >= 15 is 0 Å². The summed E-state index contributed by atoms with van der Waals surface area (Å²) in [6.07, 6.45) is 11.1. The molecule has 0 bridgehead atoms. The van der Waals surface area contributed by atoms with Crippen LogP contribution in [0, 0.1) is 0 Å². The molecule has 0 aromatic heterocycles. The molecule has 0 atom stereocenters. The highest BCUT2D eigenvalue weighted by Crippen LogP contribution is 2.57. The molecule has 6 aromatic carbocycles. The summed E-state index contributed by atoms with van der Waals surface area (Å²) in [5.74, 6) is 1.15. The molecule has 0 N–H and O–H groups in total. The van der Waals surface area contributed by atoms with E-state index in [2.05, 4.69) is 133 Å². The number of benzene rings is 6. The van der Waals surface area contributed by atoms with Gasteiger partial charge in [0.05, 0.1) is 0 Å². The molecular formula is C48H42. The lowest BCUT2D eigenvalue weighted by atomic mass is 9.67. The Kier molecular flexibility index (Phi) is 6.61. The van der Waals surface area contributed by atoms with Gasteiger partial charge in [-0.2, -0.15) is 0 Å². The standard InChI is InChI=1S/C48H42/c1-6-22-48(23-7-1)46-30-40(36-14-8-16-38(24-36)42-26-32-10-2-3-11-33(32)27-42)18-20-44(46)45-21-19-41(31-47(45)48)37-15-9-17-39(25-37)43-28-34-12-4-5-13-35(34)29-43/h2-5,8-21,24-25,30-31,42-43H,1,6-7,22-23,26-29H2. The number of hydrogen-bond donors (Lipinski definition) is 0. The number of rotatable bonds is 4. The van der Waals surface area contributed by atoms with Gasteiger partial charge in [0.15, 0.2) is 0 Å². The molecule has 0 nitrogen and oxygen atoms in total. The maximum Gasteiger partial charge on any atom is 0.0215 e. The quantitative estimate of drug-likeness (QED) is 0.184. The molecule has 4 aliphatic carbocycles. The first-order chi connectivity index (χ1) is 23.7. The Morgan fingerprint density at radius 1 is 0.375 bits per heavy atom. The van der Waals surface area contributed by atoms with Gasteiger partial charge in [0.25, 0.3) is 0 Å². The molecule has 1 fully saturated rings. The number of fused-ring (bicyclic) bond motifs is 7. The average Bonchev–Trinajstić information content (AvgIpc) is 3.86. The molecule has 0 saturated heterocycles. The molecule has 4 aliphatic rings. The van der Waals surface area contributed by atoms with Crippen LogP contribution in [-0.2, 0) is 31.1 Å². The van der Waals surface area contributed by atoms with Gasteiger partial charge in [0, 0.05) is 5.41 Å². The van der Waals surface area contributed by atoms with Crippen molar-refractivity contribution in [2.24, 2.45) is 0 Å². The molecule has 0 unspecified atom stereocenters. The van der Waals surface area contributed by atoms with Crippen LogP contribution in [-0.4, -0.2) is 0 Å². The topological polar surface area (TPSA) is 0 Å². The largest absolute Gasteiger partial charge is 0.0620 e. The van der Waals surface area contributed by atoms with Crippen molar-refractivity contribution in [1.82, 2.24) is 0 Å². The van der Waals surface area contributed by atoms with Crippen molar-refractivity contribution < 1.29 is 0 Å². The van der Waals surface area contributed by atoms with Crippen molar-refractivity contribution >= 4 is 0 Å². The van der Waals surface area contributed by atoms with Gasteiger partial charge in [-0.3, -0.25) is 0 Å². The second kappa shape index (κ2) is 11.2. The monoisotopic (exact) mass is 618 g/mol. The Bertz CT molecular complexity index is 1990. The minimum Gasteiger partial charge on any atom is -0.0620 e. The van der Waals surface area contributed by atoms with E-state index in [4.69, 9.17) is 0 Å². The van der Waals surface area contributed by atoms with Crippen molar-refractivity contribution in [3.8, 4) is 33.4 Å². The lowest BCUT2D eigenvalue weighted by Gasteiger charge is -2.36. The highest BCUT2D eigenvalue weighted by Gasteiger charge is 2.44. The first kappa shape index (κ1) is 28.3. The van der Waals surface area contributed by atoms with E-state index in [-0.39, 0.29) is 5.41 Å². The minimum absolute atomic E-state index is 0.115. The van der Waals surface area contributed by atoms with Gasteiger partial charge >= 0.3 is 0 Å². The van der Waals surface area contributed by atoms with Gasteiger partial charge in [0.1, 0.15) is 0 Å². The van der Waals surface area contributed by atoms with E-state index in [0.29, 0.717) is 11.8 Å². The maximum atomic E-state index is 2.58. The normalized spacial score (nSPS) is 17.7. The second-order valence-electron chi connectivity index (χ2n) is 15.2. The average molecular weight is 619 g/mol. The van der Waals surface area contributed by atoms with Gasteiger partial charge < -0.3 is 0 Å². The Labute approximate surface area is 285 Å². The van der Waals surface area contributed by atoms with Crippen molar-refractivity contribution in [3.05, 3.63) is 178 Å². The van der Waals surface area contributed by atoms with Crippen molar-refractivity contribution in [3.63, 3.8) is 0 Å². The molecule has 1 saturated carbocycles. The first-order valence-electron chi connectivity index (χ1n) is 18.4. The lowest BCUT2D eigenvalue weighted by Crippen LogP contribution is -2.28. The lowest BCUT2D eigenvalue weighted by molar-refractivity contribution is 0.353. The van der Waals surface area contributed by atoms with Gasteiger partial charge in [-0.05, 0) is 140 Å². The van der Waals surface area contributed by atoms with Crippen LogP contribution in [0.5, 0.6) is 0 Å². The van der Waals surface area contributed by atoms with Gasteiger partial charge in [-0.15, -0.1) is 0 Å². The molecule has 10 rings (SSSR count). The maximum absolute atomic E-state index is 2.58. The summed E-state index contributed by atoms with van der Waals surface area (Å²) in [5.41, 5.74) is 20.7. The van der Waals surface area contributed by atoms with Crippen LogP contribution in [0.2, 0.25) is 0 Å². The molecule has 1 spiro atoms. The zero-order valence-electron chi connectivity index (χ0n) is 27.7. The van der Waals surface area contributed by atoms with Crippen molar-refractivity contribution in [2.45, 2.75) is 75.0 Å². The Hall–Kier alpha value is -4.68. The van der Waals surface area contributed by atoms with Gasteiger partial charge in [-0.25, -0.2) is 0 Å². The fourth-order valence-corrected chi connectivity index (χ4v) is 10.1. The van der Waals surface area contributed by atoms with Crippen LogP contribution in [0.25, 0.3) is 33.4 Å². The predicted octanol–water partition coefficient (Wildman–Crippen LogP) is 12.0. The molecule has 6 aromatic rings. The van der Waals surface area contributed by atoms with E-state index < -0.39 is 0 Å². The number of hydrogen-bond acceptors (Lipinski definition) is 0. The van der Waals surface area contributed by atoms with E-state index in [0.717, 1.165) is 25.7 Å². The smallest absolute Gasteiger partial charge is 0.0215 e. The summed E-state index contributed by atoms with van der Waals surface area (Å²) >= 11 is 0. The summed E-state index contributed by atoms with van der Waals surface area (Å²) in [6, 6.07) is 51.8. The third-order valence-corrected chi connectivity index (χ3v) is 12.6. The zero-order valence-corrected chi connectivity index (χ0v) is 27.7. The van der Waals surface area contributed by atoms with E-state index in [1.54, 1.807) is 11.1 Å². The fourth-order valence-electron chi connectivity index (χ4n) is 10.1. The third-order valence-electron chi connectivity index (χ3n) is 12.6. The van der Waals surface area contributed by atoms with E-state index in [1.807, 2.05) is 0 Å². The van der Waals surface area contributed by atoms with Crippen LogP contribution in [0.1, 0.15) is 88.4 Å². The van der Waals surface area contributed by atoms with Crippen LogP contribution < -0.4 is 0 Å². The summed E-state index contributed by atoms with van der Waals surface area (Å²) in [7, 11) is 0. The molecular weight excluding hydrogens is 577 g/mol. The Morgan fingerprint density at radius 2 is 0.792 bits per heavy atom. The van der Waals surface area contributed by atoms with E-state index in [1.165, 1.54) is 98.9 Å². The van der Waals surface area contributed by atoms with E-state index in [9.17, 15) is 0 Å². The molecule has 0 heterocycles. The fraction of sp³-hybridized carbons (Fsp3) is 0.250. The summed E-state index contributed by atoms with van der Waals surface area (Å²) in [6.45, 7) is 0. The molecule has 0 amide bonds. The molecule has 0 radical (unpaired) electrons. The Morgan fingerprint density at radius 3 is 1.23 bits per heavy atom. The van der Waals surface area contributed by atoms with Crippen LogP contribution in [0.3, 0.4) is 0 Å². The first-order valence-corrected chi connectivity index (χ1v) is 18.4. The van der Waals surface area contributed by atoms with Crippen LogP contribution >= 0.6 is 0 Å². The SMILES string of the molecule is c1cc(-c2ccc3c(c2)C2(CCCCC2)c2cc(-c4cccc(C5Cc6ccccc6C5)c4)ccc2-3)cc(C2Cc3ccccc3C2)c1. The second-order valence-corrected chi connectivity index (χ2v) is 15.2. The van der Waals surface area contributed by atoms with Crippen LogP contribution in [0.15, 0.2) is 133 Å². The molecule has 48 heavy (non-hydrogen) atoms. The summed E-state index contributed by atoms with van der Waals surface area (Å²) < 4.78 is 0. The highest BCUT2D eigenvalue weighted by atomic mass is 14.5. The predicted molar refractivity (Wildman–Crippen MR) is 200 cm³/mol. The van der Waals surface area contributed by atoms with Gasteiger partial charge in [-0.1, -0.05) is 141 Å². The van der Waals surface area contributed by atoms with Gasteiger partial charge in [0.2, 0.25) is 0 Å². The molecule has 234 valence electrons.